The van der Waals surface area contributed by atoms with Gasteiger partial charge in [0.05, 0.1) is 5.56 Å². The van der Waals surface area contributed by atoms with Crippen molar-refractivity contribution < 1.29 is 9.90 Å². The maximum absolute atomic E-state index is 11.4. The smallest absolute Gasteiger partial charge is 0.335 e. The number of carboxylic acid groups (broad SMARTS) is 1. The number of hydrogen-bond acceptors (Lipinski definition) is 1. The summed E-state index contributed by atoms with van der Waals surface area (Å²) in [6, 6.07) is 42.7. The van der Waals surface area contributed by atoms with Gasteiger partial charge >= 0.3 is 5.97 Å². The molecule has 0 saturated heterocycles. The zero-order valence-electron chi connectivity index (χ0n) is 18.0. The second kappa shape index (κ2) is 8.97. The molecule has 5 aromatic carbocycles. The van der Waals surface area contributed by atoms with Gasteiger partial charge in [-0.25, -0.2) is 4.79 Å². The van der Waals surface area contributed by atoms with E-state index in [4.69, 9.17) is 0 Å². The Hall–Kier alpha value is -4.43. The standard InChI is InChI=1S/C31H22O2/c32-31(33)26-18-16-24(17-19-26)29-21-27(22-10-4-1-5-11-22)20-28(23-12-6-2-7-13-23)30(29)25-14-8-3-9-15-25/h1-21H,(H,32,33). The molecule has 0 aliphatic carbocycles. The molecular weight excluding hydrogens is 404 g/mol. The maximum Gasteiger partial charge on any atom is 0.335 e. The van der Waals surface area contributed by atoms with Crippen molar-refractivity contribution in [3.8, 4) is 44.5 Å². The van der Waals surface area contributed by atoms with Crippen LogP contribution in [0, 0.1) is 0 Å². The van der Waals surface area contributed by atoms with Gasteiger partial charge in [-0.1, -0.05) is 103 Å². The third-order valence-corrected chi connectivity index (χ3v) is 5.84. The van der Waals surface area contributed by atoms with Gasteiger partial charge in [-0.3, -0.25) is 0 Å². The Morgan fingerprint density at radius 1 is 0.455 bits per heavy atom. The fraction of sp³-hybridized carbons (Fsp3) is 0. The fourth-order valence-corrected chi connectivity index (χ4v) is 4.22. The predicted molar refractivity (Wildman–Crippen MR) is 135 cm³/mol. The summed E-state index contributed by atoms with van der Waals surface area (Å²) >= 11 is 0. The molecule has 0 radical (unpaired) electrons. The molecule has 0 unspecified atom stereocenters. The van der Waals surface area contributed by atoms with Crippen LogP contribution in [0.25, 0.3) is 44.5 Å². The highest BCUT2D eigenvalue weighted by Gasteiger charge is 2.17. The zero-order chi connectivity index (χ0) is 22.6. The van der Waals surface area contributed by atoms with Gasteiger partial charge < -0.3 is 5.11 Å². The van der Waals surface area contributed by atoms with Gasteiger partial charge in [0, 0.05) is 0 Å². The lowest BCUT2D eigenvalue weighted by molar-refractivity contribution is 0.0697. The van der Waals surface area contributed by atoms with Gasteiger partial charge in [-0.2, -0.15) is 0 Å². The van der Waals surface area contributed by atoms with E-state index in [1.807, 2.05) is 54.6 Å². The molecule has 0 aliphatic heterocycles. The average molecular weight is 427 g/mol. The summed E-state index contributed by atoms with van der Waals surface area (Å²) in [7, 11) is 0. The van der Waals surface area contributed by atoms with Gasteiger partial charge in [0.15, 0.2) is 0 Å². The third-order valence-electron chi connectivity index (χ3n) is 5.84. The summed E-state index contributed by atoms with van der Waals surface area (Å²) in [6.07, 6.45) is 0. The Morgan fingerprint density at radius 3 is 1.36 bits per heavy atom. The summed E-state index contributed by atoms with van der Waals surface area (Å²) in [5, 5.41) is 9.36. The number of hydrogen-bond donors (Lipinski definition) is 1. The van der Waals surface area contributed by atoms with Gasteiger partial charge in [0.2, 0.25) is 0 Å². The molecule has 0 spiro atoms. The summed E-state index contributed by atoms with van der Waals surface area (Å²) in [4.78, 5) is 11.4. The van der Waals surface area contributed by atoms with Crippen LogP contribution in [0.5, 0.6) is 0 Å². The molecule has 0 bridgehead atoms. The van der Waals surface area contributed by atoms with E-state index in [-0.39, 0.29) is 5.56 Å². The van der Waals surface area contributed by atoms with E-state index < -0.39 is 5.97 Å². The third kappa shape index (κ3) is 4.19. The van der Waals surface area contributed by atoms with Crippen LogP contribution in [0.2, 0.25) is 0 Å². The van der Waals surface area contributed by atoms with Crippen molar-refractivity contribution in [2.45, 2.75) is 0 Å². The second-order valence-electron chi connectivity index (χ2n) is 7.93. The van der Waals surface area contributed by atoms with Crippen LogP contribution in [0.15, 0.2) is 127 Å². The molecular formula is C31H22O2. The molecule has 5 rings (SSSR count). The molecule has 2 heteroatoms. The van der Waals surface area contributed by atoms with E-state index in [0.717, 1.165) is 44.5 Å². The zero-order valence-corrected chi connectivity index (χ0v) is 18.0. The molecule has 0 saturated carbocycles. The average Bonchev–Trinajstić information content (AvgIpc) is 2.89. The van der Waals surface area contributed by atoms with Gasteiger partial charge in [-0.15, -0.1) is 0 Å². The summed E-state index contributed by atoms with van der Waals surface area (Å²) in [6.45, 7) is 0. The summed E-state index contributed by atoms with van der Waals surface area (Å²) < 4.78 is 0. The van der Waals surface area contributed by atoms with Crippen LogP contribution < -0.4 is 0 Å². The quantitative estimate of drug-likeness (QED) is 0.309. The Kier molecular flexibility index (Phi) is 5.57. The number of aromatic carboxylic acids is 1. The van der Waals surface area contributed by atoms with Crippen molar-refractivity contribution in [2.75, 3.05) is 0 Å². The maximum atomic E-state index is 11.4. The van der Waals surface area contributed by atoms with Gasteiger partial charge in [-0.05, 0) is 68.8 Å². The number of benzene rings is 5. The molecule has 1 N–H and O–H groups in total. The molecule has 0 atom stereocenters. The molecule has 158 valence electrons. The van der Waals surface area contributed by atoms with Crippen molar-refractivity contribution in [1.82, 2.24) is 0 Å². The number of carboxylic acids is 1. The monoisotopic (exact) mass is 426 g/mol. The minimum Gasteiger partial charge on any atom is -0.478 e. The van der Waals surface area contributed by atoms with Crippen LogP contribution >= 0.6 is 0 Å². The number of carbonyl (C=O) groups is 1. The molecule has 33 heavy (non-hydrogen) atoms. The molecule has 0 amide bonds. The lowest BCUT2D eigenvalue weighted by atomic mass is 9.84. The first-order chi connectivity index (χ1) is 16.2. The van der Waals surface area contributed by atoms with Crippen LogP contribution in [-0.4, -0.2) is 11.1 Å². The highest BCUT2D eigenvalue weighted by molar-refractivity contribution is 5.98. The molecule has 0 heterocycles. The molecule has 0 aliphatic rings. The first kappa shape index (κ1) is 20.5. The van der Waals surface area contributed by atoms with Crippen molar-refractivity contribution in [3.05, 3.63) is 133 Å². The Labute approximate surface area is 193 Å². The van der Waals surface area contributed by atoms with Crippen molar-refractivity contribution in [1.29, 1.82) is 0 Å². The topological polar surface area (TPSA) is 37.3 Å². The van der Waals surface area contributed by atoms with E-state index in [1.165, 1.54) is 0 Å². The first-order valence-corrected chi connectivity index (χ1v) is 10.9. The Morgan fingerprint density at radius 2 is 0.879 bits per heavy atom. The second-order valence-corrected chi connectivity index (χ2v) is 7.93. The van der Waals surface area contributed by atoms with Crippen LogP contribution in [0.4, 0.5) is 0 Å². The number of rotatable bonds is 5. The highest BCUT2D eigenvalue weighted by atomic mass is 16.4. The van der Waals surface area contributed by atoms with E-state index in [1.54, 1.807) is 12.1 Å². The predicted octanol–water partition coefficient (Wildman–Crippen LogP) is 8.05. The van der Waals surface area contributed by atoms with Gasteiger partial charge in [0.1, 0.15) is 0 Å². The van der Waals surface area contributed by atoms with Crippen molar-refractivity contribution in [3.63, 3.8) is 0 Å². The van der Waals surface area contributed by atoms with E-state index >= 15 is 0 Å². The molecule has 0 fully saturated rings. The normalized spacial score (nSPS) is 10.7. The minimum absolute atomic E-state index is 0.280. The first-order valence-electron chi connectivity index (χ1n) is 10.9. The molecule has 5 aromatic rings. The highest BCUT2D eigenvalue weighted by Crippen LogP contribution is 2.43. The van der Waals surface area contributed by atoms with Crippen molar-refractivity contribution in [2.24, 2.45) is 0 Å². The van der Waals surface area contributed by atoms with E-state index in [9.17, 15) is 9.90 Å². The van der Waals surface area contributed by atoms with Crippen LogP contribution in [0.1, 0.15) is 10.4 Å². The summed E-state index contributed by atoms with van der Waals surface area (Å²) in [5.74, 6) is -0.923. The van der Waals surface area contributed by atoms with Crippen LogP contribution in [-0.2, 0) is 0 Å². The fourth-order valence-electron chi connectivity index (χ4n) is 4.22. The van der Waals surface area contributed by atoms with E-state index in [2.05, 4.69) is 60.7 Å². The molecule has 0 aromatic heterocycles. The largest absolute Gasteiger partial charge is 0.478 e. The molecule has 2 nitrogen and oxygen atoms in total. The SMILES string of the molecule is O=C(O)c1ccc(-c2cc(-c3ccccc3)cc(-c3ccccc3)c2-c2ccccc2)cc1. The van der Waals surface area contributed by atoms with Crippen molar-refractivity contribution >= 4 is 5.97 Å². The summed E-state index contributed by atoms with van der Waals surface area (Å²) in [5.41, 5.74) is 9.11. The van der Waals surface area contributed by atoms with Crippen LogP contribution in [0.3, 0.4) is 0 Å². The lowest BCUT2D eigenvalue weighted by Gasteiger charge is -2.19. The van der Waals surface area contributed by atoms with Gasteiger partial charge in [0.25, 0.3) is 0 Å². The Balaban J connectivity index is 1.84. The lowest BCUT2D eigenvalue weighted by Crippen LogP contribution is -1.96. The van der Waals surface area contributed by atoms with E-state index in [0.29, 0.717) is 0 Å². The Bertz CT molecular complexity index is 1390. The minimum atomic E-state index is -0.923.